The third-order valence-electron chi connectivity index (χ3n) is 5.01. The summed E-state index contributed by atoms with van der Waals surface area (Å²) in [4.78, 5) is 6.10. The average Bonchev–Trinajstić information content (AvgIpc) is 3.29. The molecule has 1 aliphatic rings. The van der Waals surface area contributed by atoms with Crippen molar-refractivity contribution >= 4 is 41.7 Å². The maximum atomic E-state index is 5.81. The van der Waals surface area contributed by atoms with E-state index in [1.165, 1.54) is 4.90 Å². The van der Waals surface area contributed by atoms with Crippen LogP contribution in [-0.2, 0) is 15.9 Å². The number of methoxy groups -OCH3 is 1. The van der Waals surface area contributed by atoms with Gasteiger partial charge in [0.15, 0.2) is 5.96 Å². The second kappa shape index (κ2) is 14.0. The van der Waals surface area contributed by atoms with Gasteiger partial charge < -0.3 is 24.5 Å². The van der Waals surface area contributed by atoms with Crippen LogP contribution in [0.1, 0.15) is 18.6 Å². The Hall–Kier alpha value is -1.23. The molecular formula is C22H32IN3O3S. The predicted molar refractivity (Wildman–Crippen MR) is 133 cm³/mol. The van der Waals surface area contributed by atoms with Gasteiger partial charge in [-0.3, -0.25) is 4.99 Å². The Labute approximate surface area is 200 Å². The van der Waals surface area contributed by atoms with Gasteiger partial charge in [0.1, 0.15) is 5.76 Å². The van der Waals surface area contributed by atoms with E-state index in [0.717, 1.165) is 63.0 Å². The number of ether oxygens (including phenoxy) is 2. The molecule has 1 aromatic heterocycles. The molecule has 6 nitrogen and oxygen atoms in total. The van der Waals surface area contributed by atoms with E-state index >= 15 is 0 Å². The molecule has 1 aromatic carbocycles. The maximum absolute atomic E-state index is 5.81. The van der Waals surface area contributed by atoms with Gasteiger partial charge in [-0.05, 0) is 24.3 Å². The van der Waals surface area contributed by atoms with Crippen molar-refractivity contribution in [3.8, 4) is 0 Å². The van der Waals surface area contributed by atoms with Crippen LogP contribution in [-0.4, -0.2) is 57.3 Å². The highest BCUT2D eigenvalue weighted by atomic mass is 127. The molecule has 8 heteroatoms. The molecule has 0 unspecified atom stereocenters. The van der Waals surface area contributed by atoms with Gasteiger partial charge in [-0.2, -0.15) is 0 Å². The molecule has 0 bridgehead atoms. The molecule has 0 atom stereocenters. The molecule has 0 spiro atoms. The lowest BCUT2D eigenvalue weighted by molar-refractivity contribution is -0.0828. The van der Waals surface area contributed by atoms with Crippen LogP contribution >= 0.6 is 35.7 Å². The molecular weight excluding hydrogens is 513 g/mol. The summed E-state index contributed by atoms with van der Waals surface area (Å²) < 4.78 is 16.7. The van der Waals surface area contributed by atoms with E-state index in [-0.39, 0.29) is 29.6 Å². The van der Waals surface area contributed by atoms with Gasteiger partial charge in [-0.1, -0.05) is 18.2 Å². The number of furan rings is 1. The molecule has 2 aromatic rings. The summed E-state index contributed by atoms with van der Waals surface area (Å²) in [6.07, 6.45) is 4.26. The van der Waals surface area contributed by atoms with Crippen molar-refractivity contribution in [3.63, 3.8) is 0 Å². The minimum atomic E-state index is -0.230. The smallest absolute Gasteiger partial charge is 0.191 e. The lowest BCUT2D eigenvalue weighted by Gasteiger charge is -2.34. The highest BCUT2D eigenvalue weighted by Gasteiger charge is 2.32. The molecule has 2 N–H and O–H groups in total. The fraction of sp³-hybridized carbons (Fsp3) is 0.500. The van der Waals surface area contributed by atoms with Crippen molar-refractivity contribution in [1.29, 1.82) is 0 Å². The number of hydrogen-bond donors (Lipinski definition) is 2. The van der Waals surface area contributed by atoms with E-state index in [0.29, 0.717) is 6.54 Å². The third-order valence-corrected chi connectivity index (χ3v) is 6.03. The zero-order chi connectivity index (χ0) is 20.2. The van der Waals surface area contributed by atoms with Crippen LogP contribution in [0.4, 0.5) is 0 Å². The molecule has 3 rings (SSSR count). The lowest BCUT2D eigenvalue weighted by atomic mass is 9.94. The van der Waals surface area contributed by atoms with Gasteiger partial charge in [0.2, 0.25) is 0 Å². The fourth-order valence-electron chi connectivity index (χ4n) is 3.18. The normalized spacial score (nSPS) is 16.0. The van der Waals surface area contributed by atoms with Crippen LogP contribution in [0.2, 0.25) is 0 Å². The quantitative estimate of drug-likeness (QED) is 0.155. The Kier molecular flexibility index (Phi) is 11.6. The van der Waals surface area contributed by atoms with Gasteiger partial charge in [0.25, 0.3) is 0 Å². The summed E-state index contributed by atoms with van der Waals surface area (Å²) in [6, 6.07) is 14.3. The topological polar surface area (TPSA) is 68.0 Å². The molecule has 1 saturated heterocycles. The number of rotatable bonds is 10. The Bertz CT molecular complexity index is 722. The van der Waals surface area contributed by atoms with Gasteiger partial charge >= 0.3 is 0 Å². The van der Waals surface area contributed by atoms with Gasteiger partial charge in [-0.25, -0.2) is 0 Å². The van der Waals surface area contributed by atoms with Crippen LogP contribution in [0, 0.1) is 0 Å². The summed E-state index contributed by atoms with van der Waals surface area (Å²) >= 11 is 1.83. The number of halogens is 1. The fourth-order valence-corrected chi connectivity index (χ4v) is 3.97. The number of nitrogens with zero attached hydrogens (tertiary/aromatic N) is 1. The standard InChI is InChI=1S/C22H31N3O3S.HI/c1-26-22(10-15-27-16-11-22)18-25-21(23-12-9-19-6-5-14-28-19)24-13-17-29-20-7-3-2-4-8-20;/h2-8,14H,9-13,15-18H2,1H3,(H2,23,24,25);1H. The van der Waals surface area contributed by atoms with Gasteiger partial charge in [-0.15, -0.1) is 35.7 Å². The molecule has 0 radical (unpaired) electrons. The van der Waals surface area contributed by atoms with E-state index < -0.39 is 0 Å². The summed E-state index contributed by atoms with van der Waals surface area (Å²) in [6.45, 7) is 3.66. The molecule has 30 heavy (non-hydrogen) atoms. The van der Waals surface area contributed by atoms with Crippen LogP contribution in [0.25, 0.3) is 0 Å². The molecule has 2 heterocycles. The molecule has 0 aliphatic carbocycles. The zero-order valence-electron chi connectivity index (χ0n) is 17.5. The van der Waals surface area contributed by atoms with Crippen LogP contribution in [0.3, 0.4) is 0 Å². The summed E-state index contributed by atoms with van der Waals surface area (Å²) in [5, 5.41) is 6.87. The number of thioether (sulfide) groups is 1. The molecule has 0 amide bonds. The SMILES string of the molecule is COC1(CN=C(NCCSc2ccccc2)NCCc2ccco2)CCOCC1.I. The van der Waals surface area contributed by atoms with Crippen molar-refractivity contribution in [2.24, 2.45) is 4.99 Å². The molecule has 1 fully saturated rings. The number of hydrogen-bond acceptors (Lipinski definition) is 5. The van der Waals surface area contributed by atoms with E-state index in [1.807, 2.05) is 30.0 Å². The van der Waals surface area contributed by atoms with E-state index in [9.17, 15) is 0 Å². The molecule has 166 valence electrons. The number of guanidine groups is 1. The summed E-state index contributed by atoms with van der Waals surface area (Å²) in [7, 11) is 1.77. The van der Waals surface area contributed by atoms with Gasteiger partial charge in [0.05, 0.1) is 18.4 Å². The maximum Gasteiger partial charge on any atom is 0.191 e. The first-order valence-corrected chi connectivity index (χ1v) is 11.1. The largest absolute Gasteiger partial charge is 0.469 e. The third kappa shape index (κ3) is 8.49. The first-order valence-electron chi connectivity index (χ1n) is 10.1. The van der Waals surface area contributed by atoms with Crippen molar-refractivity contribution in [2.45, 2.75) is 29.8 Å². The number of aliphatic imine (C=N–C) groups is 1. The summed E-state index contributed by atoms with van der Waals surface area (Å²) in [5.41, 5.74) is -0.230. The van der Waals surface area contributed by atoms with Gasteiger partial charge in [0, 0.05) is 63.3 Å². The van der Waals surface area contributed by atoms with Crippen molar-refractivity contribution in [2.75, 3.05) is 45.7 Å². The lowest BCUT2D eigenvalue weighted by Crippen LogP contribution is -2.44. The van der Waals surface area contributed by atoms with Crippen LogP contribution < -0.4 is 10.6 Å². The first-order chi connectivity index (χ1) is 14.3. The highest BCUT2D eigenvalue weighted by Crippen LogP contribution is 2.24. The van der Waals surface area contributed by atoms with Crippen molar-refractivity contribution < 1.29 is 13.9 Å². The monoisotopic (exact) mass is 545 g/mol. The van der Waals surface area contributed by atoms with Crippen molar-refractivity contribution in [3.05, 3.63) is 54.5 Å². The van der Waals surface area contributed by atoms with Crippen LogP contribution in [0.15, 0.2) is 63.0 Å². The van der Waals surface area contributed by atoms with E-state index in [4.69, 9.17) is 18.9 Å². The number of benzene rings is 1. The Morgan fingerprint density at radius 1 is 1.10 bits per heavy atom. The second-order valence-electron chi connectivity index (χ2n) is 7.01. The van der Waals surface area contributed by atoms with Crippen LogP contribution in [0.5, 0.6) is 0 Å². The highest BCUT2D eigenvalue weighted by molar-refractivity contribution is 14.0. The average molecular weight is 545 g/mol. The first kappa shape index (κ1) is 25.0. The Balaban J connectivity index is 0.00000320. The molecule has 1 aliphatic heterocycles. The zero-order valence-corrected chi connectivity index (χ0v) is 20.6. The minimum Gasteiger partial charge on any atom is -0.469 e. The summed E-state index contributed by atoms with van der Waals surface area (Å²) in [5.74, 6) is 2.74. The minimum absolute atomic E-state index is 0. The predicted octanol–water partition coefficient (Wildman–Crippen LogP) is 3.96. The van der Waals surface area contributed by atoms with E-state index in [1.54, 1.807) is 13.4 Å². The number of nitrogens with one attached hydrogen (secondary N) is 2. The Morgan fingerprint density at radius 2 is 1.87 bits per heavy atom. The van der Waals surface area contributed by atoms with E-state index in [2.05, 4.69) is 34.9 Å². The van der Waals surface area contributed by atoms with Crippen molar-refractivity contribution in [1.82, 2.24) is 10.6 Å². The Morgan fingerprint density at radius 3 is 2.57 bits per heavy atom. The molecule has 0 saturated carbocycles. The second-order valence-corrected chi connectivity index (χ2v) is 8.18.